The Morgan fingerprint density at radius 1 is 1.11 bits per heavy atom. The highest BCUT2D eigenvalue weighted by Gasteiger charge is 2.11. The number of pyridine rings is 1. The smallest absolute Gasteiger partial charge is 0.253 e. The zero-order chi connectivity index (χ0) is 20.1. The van der Waals surface area contributed by atoms with Crippen LogP contribution in [0.1, 0.15) is 46.8 Å². The Morgan fingerprint density at radius 2 is 1.86 bits per heavy atom. The lowest BCUT2D eigenvalue weighted by molar-refractivity contribution is 0.0950. The monoisotopic (exact) mass is 377 g/mol. The average molecular weight is 377 g/mol. The van der Waals surface area contributed by atoms with E-state index < -0.39 is 0 Å². The molecule has 5 heteroatoms. The number of hydrogen-bond donors (Lipinski definition) is 2. The number of nitrogens with one attached hydrogen (secondary N) is 2. The fourth-order valence-electron chi connectivity index (χ4n) is 3.01. The van der Waals surface area contributed by atoms with Crippen molar-refractivity contribution in [2.45, 2.75) is 33.2 Å². The van der Waals surface area contributed by atoms with Crippen LogP contribution in [0.5, 0.6) is 0 Å². The van der Waals surface area contributed by atoms with E-state index in [4.69, 9.17) is 0 Å². The number of rotatable bonds is 6. The molecule has 1 heterocycles. The third-order valence-corrected chi connectivity index (χ3v) is 4.56. The lowest BCUT2D eigenvalue weighted by Crippen LogP contribution is -2.23. The van der Waals surface area contributed by atoms with E-state index >= 15 is 0 Å². The number of carbonyl (C=O) groups is 1. The van der Waals surface area contributed by atoms with Gasteiger partial charge < -0.3 is 10.6 Å². The fraction of sp³-hybridized carbons (Fsp3) is 0.217. The molecule has 3 aromatic rings. The van der Waals surface area contributed by atoms with Gasteiger partial charge >= 0.3 is 0 Å². The first-order chi connectivity index (χ1) is 13.4. The summed E-state index contributed by atoms with van der Waals surface area (Å²) in [5.74, 6) is -0.151. The minimum atomic E-state index is -0.296. The van der Waals surface area contributed by atoms with Crippen molar-refractivity contribution in [2.24, 2.45) is 0 Å². The second kappa shape index (κ2) is 8.65. The zero-order valence-electron chi connectivity index (χ0n) is 16.3. The summed E-state index contributed by atoms with van der Waals surface area (Å²) in [5.41, 5.74) is 5.45. The van der Waals surface area contributed by atoms with Crippen LogP contribution < -0.4 is 10.6 Å². The topological polar surface area (TPSA) is 54.0 Å². The first-order valence-corrected chi connectivity index (χ1v) is 9.28. The molecule has 1 amide bonds. The van der Waals surface area contributed by atoms with Crippen LogP contribution >= 0.6 is 0 Å². The number of halogens is 1. The second-order valence-corrected chi connectivity index (χ2v) is 7.09. The maximum Gasteiger partial charge on any atom is 0.253 e. The predicted molar refractivity (Wildman–Crippen MR) is 110 cm³/mol. The van der Waals surface area contributed by atoms with Crippen molar-refractivity contribution >= 4 is 17.3 Å². The van der Waals surface area contributed by atoms with E-state index in [0.717, 1.165) is 22.5 Å². The van der Waals surface area contributed by atoms with Crippen LogP contribution in [0.15, 0.2) is 60.9 Å². The second-order valence-electron chi connectivity index (χ2n) is 7.09. The minimum absolute atomic E-state index is 0.227. The molecule has 1 aromatic heterocycles. The molecule has 0 bridgehead atoms. The van der Waals surface area contributed by atoms with Crippen LogP contribution in [0.3, 0.4) is 0 Å². The number of nitrogens with zero attached hydrogens (tertiary/aromatic N) is 1. The molecule has 4 nitrogen and oxygen atoms in total. The lowest BCUT2D eigenvalue weighted by Gasteiger charge is -2.17. The summed E-state index contributed by atoms with van der Waals surface area (Å²) in [4.78, 5) is 16.7. The van der Waals surface area contributed by atoms with E-state index in [0.29, 0.717) is 18.0 Å². The molecule has 0 radical (unpaired) electrons. The van der Waals surface area contributed by atoms with Gasteiger partial charge in [0.2, 0.25) is 0 Å². The lowest BCUT2D eigenvalue weighted by atomic mass is 9.98. The maximum atomic E-state index is 13.0. The number of para-hydroxylation sites is 1. The van der Waals surface area contributed by atoms with Gasteiger partial charge in [-0.25, -0.2) is 4.39 Å². The van der Waals surface area contributed by atoms with Crippen LogP contribution in [0.25, 0.3) is 0 Å². The van der Waals surface area contributed by atoms with Gasteiger partial charge in [0.1, 0.15) is 5.82 Å². The normalized spacial score (nSPS) is 10.8. The van der Waals surface area contributed by atoms with Crippen LogP contribution in [0.4, 0.5) is 15.8 Å². The number of amides is 1. The summed E-state index contributed by atoms with van der Waals surface area (Å²) in [5, 5.41) is 6.25. The maximum absolute atomic E-state index is 13.0. The standard InChI is InChI=1S/C23H24FN3O/c1-15(2)21-6-4-5-16(3)22(21)27-20-11-18(13-25-14-20)23(28)26-12-17-7-9-19(24)10-8-17/h4-11,13-15,27H,12H2,1-3H3,(H,26,28). The first-order valence-electron chi connectivity index (χ1n) is 9.28. The Labute approximate surface area is 164 Å². The molecule has 2 aromatic carbocycles. The minimum Gasteiger partial charge on any atom is -0.354 e. The Hall–Kier alpha value is -3.21. The number of anilines is 2. The third kappa shape index (κ3) is 4.74. The Balaban J connectivity index is 1.74. The molecule has 144 valence electrons. The summed E-state index contributed by atoms with van der Waals surface area (Å²) < 4.78 is 13.0. The van der Waals surface area contributed by atoms with Crippen molar-refractivity contribution in [3.63, 3.8) is 0 Å². The van der Waals surface area contributed by atoms with E-state index in [1.165, 1.54) is 23.9 Å². The molecule has 0 saturated heterocycles. The van der Waals surface area contributed by atoms with Crippen LogP contribution in [0, 0.1) is 12.7 Å². The number of benzene rings is 2. The quantitative estimate of drug-likeness (QED) is 0.611. The van der Waals surface area contributed by atoms with E-state index in [1.54, 1.807) is 24.4 Å². The zero-order valence-corrected chi connectivity index (χ0v) is 16.3. The van der Waals surface area contributed by atoms with Gasteiger partial charge in [0.15, 0.2) is 0 Å². The molecule has 0 atom stereocenters. The predicted octanol–water partition coefficient (Wildman–Crippen LogP) is 5.33. The van der Waals surface area contributed by atoms with Gasteiger partial charge in [0.25, 0.3) is 5.91 Å². The van der Waals surface area contributed by atoms with Crippen molar-refractivity contribution in [3.05, 3.63) is 89.0 Å². The summed E-state index contributed by atoms with van der Waals surface area (Å²) >= 11 is 0. The van der Waals surface area contributed by atoms with Gasteiger partial charge in [-0.3, -0.25) is 9.78 Å². The van der Waals surface area contributed by atoms with Gasteiger partial charge in [0.05, 0.1) is 17.4 Å². The van der Waals surface area contributed by atoms with Crippen molar-refractivity contribution in [3.8, 4) is 0 Å². The van der Waals surface area contributed by atoms with Crippen LogP contribution in [-0.4, -0.2) is 10.9 Å². The van der Waals surface area contributed by atoms with E-state index in [9.17, 15) is 9.18 Å². The van der Waals surface area contributed by atoms with Gasteiger partial charge in [-0.1, -0.05) is 44.2 Å². The molecular weight excluding hydrogens is 353 g/mol. The SMILES string of the molecule is Cc1cccc(C(C)C)c1Nc1cncc(C(=O)NCc2ccc(F)cc2)c1. The number of carbonyl (C=O) groups excluding carboxylic acids is 1. The summed E-state index contributed by atoms with van der Waals surface area (Å²) in [7, 11) is 0. The Kier molecular flexibility index (Phi) is 6.04. The van der Waals surface area contributed by atoms with E-state index in [1.807, 2.05) is 6.07 Å². The molecule has 0 spiro atoms. The number of hydrogen-bond acceptors (Lipinski definition) is 3. The summed E-state index contributed by atoms with van der Waals surface area (Å²) in [6.45, 7) is 6.68. The molecule has 0 aliphatic carbocycles. The summed E-state index contributed by atoms with van der Waals surface area (Å²) in [6.07, 6.45) is 3.24. The highest BCUT2D eigenvalue weighted by molar-refractivity contribution is 5.94. The van der Waals surface area contributed by atoms with E-state index in [2.05, 4.69) is 48.5 Å². The van der Waals surface area contributed by atoms with Gasteiger partial charge in [-0.15, -0.1) is 0 Å². The molecule has 0 aliphatic rings. The van der Waals surface area contributed by atoms with Crippen molar-refractivity contribution in [1.82, 2.24) is 10.3 Å². The number of aromatic nitrogens is 1. The fourth-order valence-corrected chi connectivity index (χ4v) is 3.01. The third-order valence-electron chi connectivity index (χ3n) is 4.56. The molecule has 0 saturated carbocycles. The molecule has 0 fully saturated rings. The number of aryl methyl sites for hydroxylation is 1. The van der Waals surface area contributed by atoms with Crippen LogP contribution in [0.2, 0.25) is 0 Å². The van der Waals surface area contributed by atoms with Crippen molar-refractivity contribution < 1.29 is 9.18 Å². The molecule has 28 heavy (non-hydrogen) atoms. The Bertz CT molecular complexity index is 968. The van der Waals surface area contributed by atoms with Crippen LogP contribution in [-0.2, 0) is 6.54 Å². The van der Waals surface area contributed by atoms with E-state index in [-0.39, 0.29) is 11.7 Å². The average Bonchev–Trinajstić information content (AvgIpc) is 2.69. The highest BCUT2D eigenvalue weighted by atomic mass is 19.1. The van der Waals surface area contributed by atoms with Crippen molar-refractivity contribution in [2.75, 3.05) is 5.32 Å². The molecule has 3 rings (SSSR count). The first kappa shape index (κ1) is 19.5. The highest BCUT2D eigenvalue weighted by Crippen LogP contribution is 2.30. The van der Waals surface area contributed by atoms with Gasteiger partial charge in [-0.05, 0) is 47.7 Å². The molecule has 0 aliphatic heterocycles. The van der Waals surface area contributed by atoms with Gasteiger partial charge in [0, 0.05) is 18.4 Å². The van der Waals surface area contributed by atoms with Crippen molar-refractivity contribution in [1.29, 1.82) is 0 Å². The molecular formula is C23H24FN3O. The summed E-state index contributed by atoms with van der Waals surface area (Å²) in [6, 6.07) is 14.0. The Morgan fingerprint density at radius 3 is 2.57 bits per heavy atom. The molecule has 0 unspecified atom stereocenters. The molecule has 2 N–H and O–H groups in total. The largest absolute Gasteiger partial charge is 0.354 e. The van der Waals surface area contributed by atoms with Gasteiger partial charge in [-0.2, -0.15) is 0 Å².